The molecular weight excluding hydrogens is 224 g/mol. The third kappa shape index (κ3) is 2.14. The van der Waals surface area contributed by atoms with Crippen LogP contribution < -0.4 is 0 Å². The van der Waals surface area contributed by atoms with Gasteiger partial charge in [-0.3, -0.25) is 0 Å². The second-order valence-corrected chi connectivity index (χ2v) is 4.47. The summed E-state index contributed by atoms with van der Waals surface area (Å²) in [6.07, 6.45) is 1.14. The van der Waals surface area contributed by atoms with Crippen molar-refractivity contribution in [1.82, 2.24) is 0 Å². The SMILES string of the molecule is Cc1cc(C)c(C)c(CCBr)c1C. The highest BCUT2D eigenvalue weighted by atomic mass is 79.9. The highest BCUT2D eigenvalue weighted by Crippen LogP contribution is 2.22. The number of alkyl halides is 1. The van der Waals surface area contributed by atoms with Crippen molar-refractivity contribution >= 4 is 15.9 Å². The summed E-state index contributed by atoms with van der Waals surface area (Å²) in [5.41, 5.74) is 7.28. The van der Waals surface area contributed by atoms with Gasteiger partial charge in [0.1, 0.15) is 0 Å². The number of halogens is 1. The Morgan fingerprint density at radius 1 is 1.00 bits per heavy atom. The molecule has 0 unspecified atom stereocenters. The molecule has 72 valence electrons. The Morgan fingerprint density at radius 2 is 1.46 bits per heavy atom. The molecule has 0 bridgehead atoms. The van der Waals surface area contributed by atoms with Crippen LogP contribution in [0.2, 0.25) is 0 Å². The van der Waals surface area contributed by atoms with Gasteiger partial charge in [0.2, 0.25) is 0 Å². The molecule has 0 heterocycles. The molecule has 1 aromatic rings. The molecule has 0 aliphatic carbocycles. The van der Waals surface area contributed by atoms with Gasteiger partial charge in [0, 0.05) is 5.33 Å². The minimum absolute atomic E-state index is 1.05. The van der Waals surface area contributed by atoms with E-state index in [1.165, 1.54) is 27.8 Å². The molecule has 13 heavy (non-hydrogen) atoms. The van der Waals surface area contributed by atoms with Gasteiger partial charge in [0.25, 0.3) is 0 Å². The summed E-state index contributed by atoms with van der Waals surface area (Å²) in [5.74, 6) is 0. The Bertz CT molecular complexity index is 287. The van der Waals surface area contributed by atoms with Crippen molar-refractivity contribution in [3.63, 3.8) is 0 Å². The minimum atomic E-state index is 1.05. The number of hydrogen-bond acceptors (Lipinski definition) is 0. The fraction of sp³-hybridized carbons (Fsp3) is 0.500. The lowest BCUT2D eigenvalue weighted by molar-refractivity contribution is 1.07. The molecule has 0 aliphatic rings. The van der Waals surface area contributed by atoms with Crippen LogP contribution in [0.15, 0.2) is 6.07 Å². The predicted molar refractivity (Wildman–Crippen MR) is 62.9 cm³/mol. The first kappa shape index (κ1) is 10.8. The van der Waals surface area contributed by atoms with Crippen molar-refractivity contribution in [3.05, 3.63) is 33.9 Å². The molecule has 0 amide bonds. The van der Waals surface area contributed by atoms with Crippen LogP contribution in [0.1, 0.15) is 27.8 Å². The predicted octanol–water partition coefficient (Wildman–Crippen LogP) is 3.86. The van der Waals surface area contributed by atoms with E-state index in [0.717, 1.165) is 11.8 Å². The molecule has 0 fully saturated rings. The van der Waals surface area contributed by atoms with Gasteiger partial charge in [-0.25, -0.2) is 0 Å². The summed E-state index contributed by atoms with van der Waals surface area (Å²) < 4.78 is 0. The maximum absolute atomic E-state index is 3.50. The number of benzene rings is 1. The van der Waals surface area contributed by atoms with Gasteiger partial charge in [-0.05, 0) is 61.9 Å². The van der Waals surface area contributed by atoms with Crippen molar-refractivity contribution in [2.24, 2.45) is 0 Å². The Balaban J connectivity index is 3.28. The van der Waals surface area contributed by atoms with E-state index in [2.05, 4.69) is 49.7 Å². The van der Waals surface area contributed by atoms with E-state index in [1.54, 1.807) is 0 Å². The lowest BCUT2D eigenvalue weighted by Gasteiger charge is -2.14. The molecule has 0 radical (unpaired) electrons. The minimum Gasteiger partial charge on any atom is -0.0924 e. The second-order valence-electron chi connectivity index (χ2n) is 3.68. The van der Waals surface area contributed by atoms with E-state index in [1.807, 2.05) is 0 Å². The van der Waals surface area contributed by atoms with Crippen molar-refractivity contribution in [1.29, 1.82) is 0 Å². The van der Waals surface area contributed by atoms with Crippen LogP contribution in [-0.4, -0.2) is 5.33 Å². The molecule has 0 aromatic heterocycles. The summed E-state index contributed by atoms with van der Waals surface area (Å²) in [4.78, 5) is 0. The summed E-state index contributed by atoms with van der Waals surface area (Å²) in [6, 6.07) is 2.28. The summed E-state index contributed by atoms with van der Waals surface area (Å²) >= 11 is 3.50. The molecule has 0 nitrogen and oxygen atoms in total. The molecule has 0 atom stereocenters. The van der Waals surface area contributed by atoms with Gasteiger partial charge < -0.3 is 0 Å². The third-order valence-corrected chi connectivity index (χ3v) is 3.26. The molecule has 0 N–H and O–H groups in total. The van der Waals surface area contributed by atoms with Gasteiger partial charge >= 0.3 is 0 Å². The highest BCUT2D eigenvalue weighted by Gasteiger charge is 2.06. The topological polar surface area (TPSA) is 0 Å². The van der Waals surface area contributed by atoms with E-state index in [4.69, 9.17) is 0 Å². The largest absolute Gasteiger partial charge is 0.0924 e. The second kappa shape index (κ2) is 4.28. The monoisotopic (exact) mass is 240 g/mol. The van der Waals surface area contributed by atoms with Gasteiger partial charge in [0.05, 0.1) is 0 Å². The third-order valence-electron chi connectivity index (χ3n) is 2.87. The summed E-state index contributed by atoms with van der Waals surface area (Å²) in [7, 11) is 0. The fourth-order valence-corrected chi connectivity index (χ4v) is 2.16. The van der Waals surface area contributed by atoms with Gasteiger partial charge in [-0.15, -0.1) is 0 Å². The van der Waals surface area contributed by atoms with E-state index < -0.39 is 0 Å². The Morgan fingerprint density at radius 3 is 1.85 bits per heavy atom. The van der Waals surface area contributed by atoms with Crippen LogP contribution in [0.25, 0.3) is 0 Å². The maximum Gasteiger partial charge on any atom is 0.00720 e. The zero-order valence-electron chi connectivity index (χ0n) is 8.87. The lowest BCUT2D eigenvalue weighted by atomic mass is 9.93. The molecule has 1 aromatic carbocycles. The molecule has 0 aliphatic heterocycles. The van der Waals surface area contributed by atoms with Crippen LogP contribution in [0.3, 0.4) is 0 Å². The molecule has 1 heteroatoms. The number of rotatable bonds is 2. The van der Waals surface area contributed by atoms with Crippen molar-refractivity contribution in [2.75, 3.05) is 5.33 Å². The summed E-state index contributed by atoms with van der Waals surface area (Å²) in [5, 5.41) is 1.05. The smallest absolute Gasteiger partial charge is 0.00720 e. The Hall–Kier alpha value is -0.300. The first-order valence-corrected chi connectivity index (χ1v) is 5.82. The Labute approximate surface area is 89.5 Å². The van der Waals surface area contributed by atoms with E-state index >= 15 is 0 Å². The molecule has 1 rings (SSSR count). The average Bonchev–Trinajstić information content (AvgIpc) is 2.09. The standard InChI is InChI=1S/C12H17Br/c1-8-7-9(2)11(4)12(5-6-13)10(8)3/h7H,5-6H2,1-4H3. The van der Waals surface area contributed by atoms with Gasteiger partial charge in [-0.1, -0.05) is 22.0 Å². The Kier molecular flexibility index (Phi) is 3.55. The zero-order chi connectivity index (χ0) is 10.0. The lowest BCUT2D eigenvalue weighted by Crippen LogP contribution is -1.99. The van der Waals surface area contributed by atoms with Crippen LogP contribution in [0.4, 0.5) is 0 Å². The van der Waals surface area contributed by atoms with Crippen LogP contribution in [0.5, 0.6) is 0 Å². The first-order chi connectivity index (χ1) is 6.07. The first-order valence-electron chi connectivity index (χ1n) is 4.70. The summed E-state index contributed by atoms with van der Waals surface area (Å²) in [6.45, 7) is 8.83. The van der Waals surface area contributed by atoms with E-state index in [-0.39, 0.29) is 0 Å². The normalized spacial score (nSPS) is 10.5. The molecule has 0 saturated heterocycles. The number of hydrogen-bond donors (Lipinski definition) is 0. The zero-order valence-corrected chi connectivity index (χ0v) is 10.5. The van der Waals surface area contributed by atoms with Crippen molar-refractivity contribution in [2.45, 2.75) is 34.1 Å². The van der Waals surface area contributed by atoms with Gasteiger partial charge in [-0.2, -0.15) is 0 Å². The fourth-order valence-electron chi connectivity index (χ4n) is 1.77. The average molecular weight is 241 g/mol. The number of aryl methyl sites for hydroxylation is 2. The van der Waals surface area contributed by atoms with Crippen molar-refractivity contribution in [3.8, 4) is 0 Å². The molecule has 0 spiro atoms. The quantitative estimate of drug-likeness (QED) is 0.690. The van der Waals surface area contributed by atoms with Crippen molar-refractivity contribution < 1.29 is 0 Å². The van der Waals surface area contributed by atoms with E-state index in [0.29, 0.717) is 0 Å². The van der Waals surface area contributed by atoms with Crippen LogP contribution in [0, 0.1) is 27.7 Å². The van der Waals surface area contributed by atoms with E-state index in [9.17, 15) is 0 Å². The van der Waals surface area contributed by atoms with Gasteiger partial charge in [0.15, 0.2) is 0 Å². The molecular formula is C12H17Br. The van der Waals surface area contributed by atoms with Crippen LogP contribution >= 0.6 is 15.9 Å². The highest BCUT2D eigenvalue weighted by molar-refractivity contribution is 9.09. The van der Waals surface area contributed by atoms with Crippen LogP contribution in [-0.2, 0) is 6.42 Å². The molecule has 0 saturated carbocycles. The maximum atomic E-state index is 3.50.